The summed E-state index contributed by atoms with van der Waals surface area (Å²) in [7, 11) is 4.47. The smallest absolute Gasteiger partial charge is 0.0988 e. The largest absolute Gasteiger partial charge is 0.390 e. The third kappa shape index (κ3) is 4.99. The van der Waals surface area contributed by atoms with Crippen molar-refractivity contribution in [2.45, 2.75) is 113 Å². The highest BCUT2D eigenvalue weighted by Gasteiger charge is 2.51. The summed E-state index contributed by atoms with van der Waals surface area (Å²) >= 11 is 0. The highest BCUT2D eigenvalue weighted by Crippen LogP contribution is 2.47. The molecule has 5 fully saturated rings. The van der Waals surface area contributed by atoms with Gasteiger partial charge in [0.05, 0.1) is 42.1 Å². The van der Waals surface area contributed by atoms with Crippen molar-refractivity contribution >= 4 is 11.4 Å². The van der Waals surface area contributed by atoms with E-state index in [4.69, 9.17) is 5.73 Å². The molecule has 6 aliphatic rings. The molecule has 0 radical (unpaired) electrons. The Morgan fingerprint density at radius 3 is 2.66 bits per heavy atom. The van der Waals surface area contributed by atoms with Crippen LogP contribution in [0.1, 0.15) is 70.3 Å². The molecule has 9 heteroatoms. The van der Waals surface area contributed by atoms with E-state index >= 15 is 0 Å². The molecule has 9 nitrogen and oxygen atoms in total. The molecule has 7 N–H and O–H groups in total. The normalized spacial score (nSPS) is 41.6. The molecule has 3 aliphatic heterocycles. The first-order valence-electron chi connectivity index (χ1n) is 16.4. The Morgan fingerprint density at radius 1 is 1.10 bits per heavy atom. The van der Waals surface area contributed by atoms with Gasteiger partial charge >= 0.3 is 0 Å². The van der Waals surface area contributed by atoms with E-state index in [1.807, 2.05) is 0 Å². The highest BCUT2D eigenvalue weighted by molar-refractivity contribution is 5.76. The molecule has 3 saturated carbocycles. The number of nitrogens with one attached hydrogen (secondary N) is 3. The summed E-state index contributed by atoms with van der Waals surface area (Å²) in [5.41, 5.74) is 10.8. The van der Waals surface area contributed by atoms with E-state index in [1.165, 1.54) is 61.9 Å². The van der Waals surface area contributed by atoms with Crippen molar-refractivity contribution < 1.29 is 10.2 Å². The van der Waals surface area contributed by atoms with E-state index in [1.54, 1.807) is 0 Å². The van der Waals surface area contributed by atoms with Crippen LogP contribution >= 0.6 is 0 Å². The van der Waals surface area contributed by atoms with Crippen LogP contribution in [0.2, 0.25) is 0 Å². The molecule has 3 aliphatic carbocycles. The average Bonchev–Trinajstić information content (AvgIpc) is 3.57. The van der Waals surface area contributed by atoms with E-state index in [-0.39, 0.29) is 24.3 Å². The van der Waals surface area contributed by atoms with Crippen molar-refractivity contribution in [1.82, 2.24) is 20.4 Å². The Kier molecular flexibility index (Phi) is 7.54. The number of anilines is 2. The minimum atomic E-state index is -0.693. The zero-order chi connectivity index (χ0) is 28.5. The second-order valence-electron chi connectivity index (χ2n) is 14.7. The Hall–Kier alpha value is -1.46. The van der Waals surface area contributed by atoms with Gasteiger partial charge in [0.1, 0.15) is 0 Å². The van der Waals surface area contributed by atoms with Crippen molar-refractivity contribution in [1.29, 1.82) is 0 Å². The molecule has 4 unspecified atom stereocenters. The number of fused-ring (bicyclic) bond motifs is 2. The number of likely N-dealkylation sites (tertiary alicyclic amines) is 1. The fourth-order valence-corrected chi connectivity index (χ4v) is 9.14. The Labute approximate surface area is 246 Å². The maximum atomic E-state index is 11.0. The Bertz CT molecular complexity index is 1090. The highest BCUT2D eigenvalue weighted by atomic mass is 16.3. The number of aliphatic hydroxyl groups excluding tert-OH is 2. The maximum Gasteiger partial charge on any atom is 0.0988 e. The van der Waals surface area contributed by atoms with Crippen LogP contribution in [0.3, 0.4) is 0 Å². The van der Waals surface area contributed by atoms with Gasteiger partial charge in [-0.3, -0.25) is 15.5 Å². The second kappa shape index (κ2) is 10.9. The number of hydrogen-bond donors (Lipinski definition) is 6. The zero-order valence-electron chi connectivity index (χ0n) is 25.3. The van der Waals surface area contributed by atoms with Crippen molar-refractivity contribution in [2.24, 2.45) is 23.5 Å². The molecule has 3 heterocycles. The van der Waals surface area contributed by atoms with Gasteiger partial charge < -0.3 is 31.1 Å². The number of benzene rings is 1. The SMILES string of the molecule is CN1c2cc(C3(C)CCC3)ccc2NC1CC[C@H]1C[C@@H](N(C)C[C@H]2C[C@@H](N3CCC4C(N)NCNC43)[C@H](O)[C@@H]2O)C1. The van der Waals surface area contributed by atoms with Gasteiger partial charge in [-0.1, -0.05) is 19.4 Å². The molecule has 1 aromatic rings. The summed E-state index contributed by atoms with van der Waals surface area (Å²) < 4.78 is 0. The summed E-state index contributed by atoms with van der Waals surface area (Å²) in [6.45, 7) is 4.89. The number of nitrogens with zero attached hydrogens (tertiary/aromatic N) is 3. The molecule has 0 spiro atoms. The van der Waals surface area contributed by atoms with Gasteiger partial charge in [-0.15, -0.1) is 0 Å². The van der Waals surface area contributed by atoms with Gasteiger partial charge in [0.15, 0.2) is 0 Å². The number of hydrogen-bond acceptors (Lipinski definition) is 9. The number of rotatable bonds is 8. The molecule has 1 aromatic carbocycles. The summed E-state index contributed by atoms with van der Waals surface area (Å²) in [4.78, 5) is 7.31. The van der Waals surface area contributed by atoms with Gasteiger partial charge in [-0.05, 0) is 87.4 Å². The van der Waals surface area contributed by atoms with Crippen LogP contribution in [-0.4, -0.2) is 96.7 Å². The van der Waals surface area contributed by atoms with Gasteiger partial charge in [0.2, 0.25) is 0 Å². The maximum absolute atomic E-state index is 11.0. The van der Waals surface area contributed by atoms with Crippen molar-refractivity contribution in [3.63, 3.8) is 0 Å². The van der Waals surface area contributed by atoms with Gasteiger partial charge in [0, 0.05) is 50.7 Å². The molecule has 2 saturated heterocycles. The predicted octanol–water partition coefficient (Wildman–Crippen LogP) is 2.00. The van der Waals surface area contributed by atoms with Crippen LogP contribution in [0.5, 0.6) is 0 Å². The van der Waals surface area contributed by atoms with Crippen LogP contribution in [0.4, 0.5) is 11.4 Å². The Balaban J connectivity index is 0.868. The first-order valence-corrected chi connectivity index (χ1v) is 16.4. The molecule has 8 atom stereocenters. The molecule has 0 amide bonds. The standard InChI is InChI=1S/C32H53N7O2/c1-32(10-4-11-32)21-6-7-24-25(16-21)38(3)27(36-24)8-5-19-13-22(14-19)37(2)17-20-15-26(29(41)28(20)40)39-12-9-23-30(33)34-18-35-31(23)39/h6-7,16,19-20,22-23,26-31,34-36,40-41H,4-5,8-15,17-18,33H2,1-3H3/t19-,20-,22+,23?,26-,27?,28-,29+,30?,31?/m1/s1. The van der Waals surface area contributed by atoms with E-state index < -0.39 is 12.2 Å². The topological polar surface area (TPSA) is 112 Å². The molecule has 7 rings (SSSR count). The van der Waals surface area contributed by atoms with E-state index in [2.05, 4.69) is 69.9 Å². The van der Waals surface area contributed by atoms with Crippen LogP contribution < -0.4 is 26.6 Å². The predicted molar refractivity (Wildman–Crippen MR) is 163 cm³/mol. The molecular formula is C32H53N7O2. The molecule has 0 bridgehead atoms. The lowest BCUT2D eigenvalue weighted by molar-refractivity contribution is -0.0279. The van der Waals surface area contributed by atoms with Gasteiger partial charge in [-0.25, -0.2) is 0 Å². The van der Waals surface area contributed by atoms with E-state index in [9.17, 15) is 10.2 Å². The lowest BCUT2D eigenvalue weighted by Crippen LogP contribution is -2.64. The minimum absolute atomic E-state index is 0.00183. The first-order chi connectivity index (χ1) is 19.7. The van der Waals surface area contributed by atoms with Crippen LogP contribution in [0.15, 0.2) is 18.2 Å². The monoisotopic (exact) mass is 567 g/mol. The Morgan fingerprint density at radius 2 is 1.90 bits per heavy atom. The number of nitrogens with two attached hydrogens (primary N) is 1. The van der Waals surface area contributed by atoms with Gasteiger partial charge in [0.25, 0.3) is 0 Å². The lowest BCUT2D eigenvalue weighted by atomic mass is 9.66. The quantitative estimate of drug-likeness (QED) is 0.281. The fourth-order valence-electron chi connectivity index (χ4n) is 9.14. The van der Waals surface area contributed by atoms with Crippen molar-refractivity contribution in [3.05, 3.63) is 23.8 Å². The third-order valence-electron chi connectivity index (χ3n) is 12.3. The molecular weight excluding hydrogens is 514 g/mol. The van der Waals surface area contributed by atoms with Crippen molar-refractivity contribution in [2.75, 3.05) is 44.1 Å². The summed E-state index contributed by atoms with van der Waals surface area (Å²) in [5.74, 6) is 1.23. The van der Waals surface area contributed by atoms with E-state index in [0.29, 0.717) is 30.2 Å². The minimum Gasteiger partial charge on any atom is -0.390 e. The molecule has 228 valence electrons. The third-order valence-corrected chi connectivity index (χ3v) is 12.3. The van der Waals surface area contributed by atoms with E-state index in [0.717, 1.165) is 31.8 Å². The zero-order valence-corrected chi connectivity index (χ0v) is 25.3. The van der Waals surface area contributed by atoms with Gasteiger partial charge in [-0.2, -0.15) is 0 Å². The van der Waals surface area contributed by atoms with Crippen LogP contribution in [0, 0.1) is 17.8 Å². The van der Waals surface area contributed by atoms with Crippen molar-refractivity contribution in [3.8, 4) is 0 Å². The first kappa shape index (κ1) is 28.3. The molecule has 0 aromatic heterocycles. The summed E-state index contributed by atoms with van der Waals surface area (Å²) in [5, 5.41) is 32.7. The average molecular weight is 568 g/mol. The molecule has 41 heavy (non-hydrogen) atoms. The summed E-state index contributed by atoms with van der Waals surface area (Å²) in [6.07, 6.45) is 9.96. The summed E-state index contributed by atoms with van der Waals surface area (Å²) in [6, 6.07) is 7.67. The fraction of sp³-hybridized carbons (Fsp3) is 0.812. The lowest BCUT2D eigenvalue weighted by Gasteiger charge is -2.43. The van der Waals surface area contributed by atoms with Crippen LogP contribution in [0.25, 0.3) is 0 Å². The van der Waals surface area contributed by atoms with Crippen LogP contribution in [-0.2, 0) is 5.41 Å². The second-order valence-corrected chi connectivity index (χ2v) is 14.7. The number of aliphatic hydroxyl groups is 2.